The maximum Gasteiger partial charge on any atom is 0.0235 e. The van der Waals surface area contributed by atoms with Crippen LogP contribution in [0.3, 0.4) is 0 Å². The number of rotatable bonds is 8. The van der Waals surface area contributed by atoms with Crippen molar-refractivity contribution in [3.8, 4) is 0 Å². The Morgan fingerprint density at radius 3 is 2.14 bits per heavy atom. The normalized spacial score (nSPS) is 14.0. The predicted octanol–water partition coefficient (Wildman–Crippen LogP) is 4.41. The smallest absolute Gasteiger partial charge is 0.0235 e. The molecule has 1 N–H and O–H groups in total. The van der Waals surface area contributed by atoms with Crippen LogP contribution in [0.25, 0.3) is 0 Å². The van der Waals surface area contributed by atoms with Gasteiger partial charge in [0.15, 0.2) is 0 Å². The second kappa shape index (κ2) is 7.95. The first-order valence-electron chi connectivity index (χ1n) is 8.29. The SMILES string of the molecule is CCC(C)(C)N(C)Cc1ccc(C(C)CNC(C)C)cc1. The van der Waals surface area contributed by atoms with Crippen molar-refractivity contribution in [2.75, 3.05) is 13.6 Å². The summed E-state index contributed by atoms with van der Waals surface area (Å²) in [5.74, 6) is 0.561. The van der Waals surface area contributed by atoms with E-state index in [1.54, 1.807) is 0 Å². The molecule has 1 atom stereocenters. The van der Waals surface area contributed by atoms with Crippen molar-refractivity contribution in [3.05, 3.63) is 35.4 Å². The fourth-order valence-electron chi connectivity index (χ4n) is 2.24. The highest BCUT2D eigenvalue weighted by Crippen LogP contribution is 2.21. The van der Waals surface area contributed by atoms with Crippen LogP contribution in [-0.4, -0.2) is 30.1 Å². The highest BCUT2D eigenvalue weighted by Gasteiger charge is 2.20. The van der Waals surface area contributed by atoms with Gasteiger partial charge in [-0.05, 0) is 44.4 Å². The molecule has 120 valence electrons. The summed E-state index contributed by atoms with van der Waals surface area (Å²) < 4.78 is 0. The molecular formula is C19H34N2. The molecular weight excluding hydrogens is 256 g/mol. The van der Waals surface area contributed by atoms with Gasteiger partial charge < -0.3 is 5.32 Å². The molecule has 0 fully saturated rings. The molecule has 1 aromatic rings. The van der Waals surface area contributed by atoms with Gasteiger partial charge in [0.05, 0.1) is 0 Å². The van der Waals surface area contributed by atoms with E-state index in [2.05, 4.69) is 83.1 Å². The molecule has 0 heterocycles. The van der Waals surface area contributed by atoms with Gasteiger partial charge in [0.2, 0.25) is 0 Å². The van der Waals surface area contributed by atoms with E-state index in [-0.39, 0.29) is 5.54 Å². The summed E-state index contributed by atoms with van der Waals surface area (Å²) in [6.07, 6.45) is 1.17. The Morgan fingerprint density at radius 2 is 1.67 bits per heavy atom. The highest BCUT2D eigenvalue weighted by atomic mass is 15.2. The molecule has 0 bridgehead atoms. The van der Waals surface area contributed by atoms with Crippen LogP contribution in [0.15, 0.2) is 24.3 Å². The van der Waals surface area contributed by atoms with Gasteiger partial charge >= 0.3 is 0 Å². The lowest BCUT2D eigenvalue weighted by atomic mass is 9.97. The van der Waals surface area contributed by atoms with Gasteiger partial charge in [-0.25, -0.2) is 0 Å². The summed E-state index contributed by atoms with van der Waals surface area (Å²) in [6.45, 7) is 15.6. The molecule has 1 rings (SSSR count). The van der Waals surface area contributed by atoms with E-state index in [0.29, 0.717) is 12.0 Å². The molecule has 0 saturated carbocycles. The Bertz CT molecular complexity index is 406. The van der Waals surface area contributed by atoms with Gasteiger partial charge in [0, 0.05) is 24.7 Å². The summed E-state index contributed by atoms with van der Waals surface area (Å²) in [5, 5.41) is 3.51. The van der Waals surface area contributed by atoms with E-state index in [4.69, 9.17) is 0 Å². The van der Waals surface area contributed by atoms with Gasteiger partial charge in [-0.1, -0.05) is 52.0 Å². The lowest BCUT2D eigenvalue weighted by Gasteiger charge is -2.35. The maximum absolute atomic E-state index is 3.51. The van der Waals surface area contributed by atoms with Gasteiger partial charge in [0.25, 0.3) is 0 Å². The molecule has 0 aliphatic carbocycles. The van der Waals surface area contributed by atoms with Crippen LogP contribution >= 0.6 is 0 Å². The third-order valence-electron chi connectivity index (χ3n) is 4.70. The lowest BCUT2D eigenvalue weighted by molar-refractivity contribution is 0.143. The summed E-state index contributed by atoms with van der Waals surface area (Å²) in [4.78, 5) is 2.44. The van der Waals surface area contributed by atoms with E-state index < -0.39 is 0 Å². The fourth-order valence-corrected chi connectivity index (χ4v) is 2.24. The van der Waals surface area contributed by atoms with Crippen LogP contribution in [0, 0.1) is 0 Å². The van der Waals surface area contributed by atoms with Crippen molar-refractivity contribution in [2.24, 2.45) is 0 Å². The first-order valence-corrected chi connectivity index (χ1v) is 8.29. The average Bonchev–Trinajstić information content (AvgIpc) is 2.45. The second-order valence-corrected chi connectivity index (χ2v) is 7.23. The molecule has 21 heavy (non-hydrogen) atoms. The van der Waals surface area contributed by atoms with E-state index >= 15 is 0 Å². The summed E-state index contributed by atoms with van der Waals surface area (Å²) in [6, 6.07) is 9.69. The van der Waals surface area contributed by atoms with Crippen LogP contribution in [0.1, 0.15) is 65.0 Å². The van der Waals surface area contributed by atoms with E-state index in [9.17, 15) is 0 Å². The highest BCUT2D eigenvalue weighted by molar-refractivity contribution is 5.25. The zero-order chi connectivity index (χ0) is 16.0. The molecule has 1 unspecified atom stereocenters. The topological polar surface area (TPSA) is 15.3 Å². The van der Waals surface area contributed by atoms with Crippen LogP contribution in [0.4, 0.5) is 0 Å². The molecule has 1 aromatic carbocycles. The van der Waals surface area contributed by atoms with Crippen molar-refractivity contribution < 1.29 is 0 Å². The second-order valence-electron chi connectivity index (χ2n) is 7.23. The monoisotopic (exact) mass is 290 g/mol. The molecule has 0 aromatic heterocycles. The minimum absolute atomic E-state index is 0.257. The van der Waals surface area contributed by atoms with Crippen molar-refractivity contribution >= 4 is 0 Å². The van der Waals surface area contributed by atoms with Crippen LogP contribution < -0.4 is 5.32 Å². The van der Waals surface area contributed by atoms with E-state index in [0.717, 1.165) is 13.1 Å². The third kappa shape index (κ3) is 5.80. The number of benzene rings is 1. The van der Waals surface area contributed by atoms with Crippen molar-refractivity contribution in [1.29, 1.82) is 0 Å². The van der Waals surface area contributed by atoms with Gasteiger partial charge in [-0.3, -0.25) is 4.90 Å². The van der Waals surface area contributed by atoms with Crippen LogP contribution in [0.5, 0.6) is 0 Å². The molecule has 0 amide bonds. The first kappa shape index (κ1) is 18.2. The van der Waals surface area contributed by atoms with E-state index in [1.165, 1.54) is 17.5 Å². The number of nitrogens with zero attached hydrogens (tertiary/aromatic N) is 1. The predicted molar refractivity (Wildman–Crippen MR) is 93.8 cm³/mol. The minimum atomic E-state index is 0.257. The minimum Gasteiger partial charge on any atom is -0.314 e. The van der Waals surface area contributed by atoms with Crippen molar-refractivity contribution in [3.63, 3.8) is 0 Å². The Labute approximate surface area is 131 Å². The zero-order valence-corrected chi connectivity index (χ0v) is 15.0. The molecule has 0 spiro atoms. The Kier molecular flexibility index (Phi) is 6.89. The fraction of sp³-hybridized carbons (Fsp3) is 0.684. The van der Waals surface area contributed by atoms with Crippen LogP contribution in [-0.2, 0) is 6.54 Å². The standard InChI is InChI=1S/C19H34N2/c1-8-19(5,6)21(7)14-17-9-11-18(12-10-17)16(4)13-20-15(2)3/h9-12,15-16,20H,8,13-14H2,1-7H3. The van der Waals surface area contributed by atoms with Gasteiger partial charge in [0.1, 0.15) is 0 Å². The average molecular weight is 290 g/mol. The van der Waals surface area contributed by atoms with Crippen LogP contribution in [0.2, 0.25) is 0 Å². The summed E-state index contributed by atoms with van der Waals surface area (Å²) in [5.41, 5.74) is 3.07. The Balaban J connectivity index is 2.61. The molecule has 2 heteroatoms. The number of hydrogen-bond acceptors (Lipinski definition) is 2. The third-order valence-corrected chi connectivity index (χ3v) is 4.70. The van der Waals surface area contributed by atoms with Crippen molar-refractivity contribution in [1.82, 2.24) is 10.2 Å². The number of hydrogen-bond donors (Lipinski definition) is 1. The quantitative estimate of drug-likeness (QED) is 0.763. The largest absolute Gasteiger partial charge is 0.314 e. The molecule has 2 nitrogen and oxygen atoms in total. The Hall–Kier alpha value is -0.860. The van der Waals surface area contributed by atoms with Crippen molar-refractivity contribution in [2.45, 2.75) is 72.0 Å². The molecule has 0 radical (unpaired) electrons. The zero-order valence-electron chi connectivity index (χ0n) is 15.0. The maximum atomic E-state index is 3.51. The molecule has 0 saturated heterocycles. The Morgan fingerprint density at radius 1 is 1.10 bits per heavy atom. The summed E-state index contributed by atoms with van der Waals surface area (Å²) in [7, 11) is 2.21. The number of nitrogens with one attached hydrogen (secondary N) is 1. The first-order chi connectivity index (χ1) is 9.76. The van der Waals surface area contributed by atoms with Gasteiger partial charge in [-0.2, -0.15) is 0 Å². The van der Waals surface area contributed by atoms with E-state index in [1.807, 2.05) is 0 Å². The molecule has 0 aliphatic rings. The molecule has 0 aliphatic heterocycles. The lowest BCUT2D eigenvalue weighted by Crippen LogP contribution is -2.39. The summed E-state index contributed by atoms with van der Waals surface area (Å²) >= 11 is 0. The van der Waals surface area contributed by atoms with Gasteiger partial charge in [-0.15, -0.1) is 0 Å².